The van der Waals surface area contributed by atoms with Crippen LogP contribution in [0.2, 0.25) is 0 Å². The van der Waals surface area contributed by atoms with E-state index in [2.05, 4.69) is 25.8 Å². The number of aromatic nitrogens is 1. The molecule has 1 aromatic heterocycles. The maximum absolute atomic E-state index is 14.3. The van der Waals surface area contributed by atoms with Crippen LogP contribution < -0.4 is 4.74 Å². The highest BCUT2D eigenvalue weighted by Crippen LogP contribution is 2.51. The lowest BCUT2D eigenvalue weighted by Crippen LogP contribution is -2.47. The van der Waals surface area contributed by atoms with E-state index in [1.165, 1.54) is 24.5 Å². The Kier molecular flexibility index (Phi) is 4.29. The number of likely N-dealkylation sites (tertiary alicyclic amines) is 1. The van der Waals surface area contributed by atoms with Gasteiger partial charge in [0, 0.05) is 17.5 Å². The lowest BCUT2D eigenvalue weighted by molar-refractivity contribution is 0.0505. The molecule has 2 atom stereocenters. The SMILES string of the molecule is COc1cccc(F)c1-c1nc(C(=O)N2C[C@@H]3CC(C)(C)C[C@@]2(C)C3)cs1. The summed E-state index contributed by atoms with van der Waals surface area (Å²) in [5.74, 6) is 0.533. The number of carbonyl (C=O) groups is 1. The van der Waals surface area contributed by atoms with E-state index in [0.717, 1.165) is 25.8 Å². The molecular formula is C21H25FN2O2S. The zero-order valence-corrected chi connectivity index (χ0v) is 17.0. The van der Waals surface area contributed by atoms with Gasteiger partial charge in [0.2, 0.25) is 0 Å². The molecule has 2 bridgehead atoms. The van der Waals surface area contributed by atoms with Gasteiger partial charge >= 0.3 is 0 Å². The maximum atomic E-state index is 14.3. The summed E-state index contributed by atoms with van der Waals surface area (Å²) in [5, 5.41) is 2.21. The smallest absolute Gasteiger partial charge is 0.273 e. The number of halogens is 1. The molecule has 4 nitrogen and oxygen atoms in total. The van der Waals surface area contributed by atoms with E-state index in [-0.39, 0.29) is 16.9 Å². The molecule has 2 heterocycles. The molecular weight excluding hydrogens is 363 g/mol. The number of ether oxygens (including phenoxy) is 1. The van der Waals surface area contributed by atoms with Crippen molar-refractivity contribution in [2.45, 2.75) is 45.6 Å². The summed E-state index contributed by atoms with van der Waals surface area (Å²) in [6.45, 7) is 7.56. The molecule has 0 N–H and O–H groups in total. The van der Waals surface area contributed by atoms with Crippen LogP contribution in [0.15, 0.2) is 23.6 Å². The Hall–Kier alpha value is -1.95. The molecule has 2 aromatic rings. The number of hydrogen-bond acceptors (Lipinski definition) is 4. The number of amides is 1. The number of thiazole rings is 1. The largest absolute Gasteiger partial charge is 0.496 e. The minimum atomic E-state index is -0.395. The van der Waals surface area contributed by atoms with Gasteiger partial charge in [-0.15, -0.1) is 11.3 Å². The Balaban J connectivity index is 1.64. The van der Waals surface area contributed by atoms with E-state index >= 15 is 0 Å². The summed E-state index contributed by atoms with van der Waals surface area (Å²) in [6.07, 6.45) is 3.21. The second-order valence-corrected chi connectivity index (χ2v) is 9.74. The molecule has 2 fully saturated rings. The first-order chi connectivity index (χ1) is 12.7. The van der Waals surface area contributed by atoms with E-state index in [1.54, 1.807) is 17.5 Å². The van der Waals surface area contributed by atoms with E-state index < -0.39 is 5.82 Å². The average molecular weight is 389 g/mol. The monoisotopic (exact) mass is 388 g/mol. The van der Waals surface area contributed by atoms with Crippen molar-refractivity contribution in [3.05, 3.63) is 35.1 Å². The molecule has 27 heavy (non-hydrogen) atoms. The van der Waals surface area contributed by atoms with Crippen molar-refractivity contribution in [2.24, 2.45) is 11.3 Å². The quantitative estimate of drug-likeness (QED) is 0.743. The predicted molar refractivity (Wildman–Crippen MR) is 105 cm³/mol. The lowest BCUT2D eigenvalue weighted by atomic mass is 9.67. The van der Waals surface area contributed by atoms with Gasteiger partial charge in [-0.1, -0.05) is 19.9 Å². The van der Waals surface area contributed by atoms with Crippen LogP contribution in [0.1, 0.15) is 50.5 Å². The van der Waals surface area contributed by atoms with Crippen molar-refractivity contribution in [3.63, 3.8) is 0 Å². The summed E-state index contributed by atoms with van der Waals surface area (Å²) in [5.41, 5.74) is 0.840. The molecule has 1 amide bonds. The number of fused-ring (bicyclic) bond motifs is 2. The van der Waals surface area contributed by atoms with Gasteiger partial charge in [0.15, 0.2) is 0 Å². The van der Waals surface area contributed by atoms with Gasteiger partial charge in [-0.3, -0.25) is 4.79 Å². The molecule has 1 saturated carbocycles. The molecule has 1 saturated heterocycles. The van der Waals surface area contributed by atoms with Crippen LogP contribution in [-0.4, -0.2) is 35.0 Å². The maximum Gasteiger partial charge on any atom is 0.273 e. The predicted octanol–water partition coefficient (Wildman–Crippen LogP) is 5.00. The molecule has 1 aliphatic carbocycles. The van der Waals surface area contributed by atoms with Gasteiger partial charge in [-0.25, -0.2) is 9.37 Å². The highest BCUT2D eigenvalue weighted by Gasteiger charge is 2.52. The Morgan fingerprint density at radius 3 is 2.85 bits per heavy atom. The van der Waals surface area contributed by atoms with Gasteiger partial charge in [-0.2, -0.15) is 0 Å². The second kappa shape index (κ2) is 6.30. The number of benzene rings is 1. The summed E-state index contributed by atoms with van der Waals surface area (Å²) in [7, 11) is 1.50. The highest BCUT2D eigenvalue weighted by atomic mass is 32.1. The number of methoxy groups -OCH3 is 1. The number of hydrogen-bond donors (Lipinski definition) is 0. The van der Waals surface area contributed by atoms with Crippen molar-refractivity contribution in [3.8, 4) is 16.3 Å². The first-order valence-corrected chi connectivity index (χ1v) is 10.2. The third-order valence-electron chi connectivity index (χ3n) is 5.90. The van der Waals surface area contributed by atoms with Crippen molar-refractivity contribution < 1.29 is 13.9 Å². The van der Waals surface area contributed by atoms with Crippen molar-refractivity contribution in [2.75, 3.05) is 13.7 Å². The van der Waals surface area contributed by atoms with E-state index in [9.17, 15) is 9.18 Å². The van der Waals surface area contributed by atoms with Crippen LogP contribution in [0.3, 0.4) is 0 Å². The van der Waals surface area contributed by atoms with Gasteiger partial charge in [-0.05, 0) is 49.7 Å². The van der Waals surface area contributed by atoms with E-state index in [4.69, 9.17) is 4.74 Å². The molecule has 2 aliphatic rings. The Morgan fingerprint density at radius 2 is 2.11 bits per heavy atom. The fourth-order valence-corrected chi connectivity index (χ4v) is 6.14. The molecule has 4 rings (SSSR count). The Morgan fingerprint density at radius 1 is 1.33 bits per heavy atom. The fourth-order valence-electron chi connectivity index (χ4n) is 5.30. The molecule has 1 aliphatic heterocycles. The van der Waals surface area contributed by atoms with Crippen LogP contribution in [0.5, 0.6) is 5.75 Å². The van der Waals surface area contributed by atoms with Crippen LogP contribution in [0.25, 0.3) is 10.6 Å². The number of carbonyl (C=O) groups excluding carboxylic acids is 1. The molecule has 0 unspecified atom stereocenters. The average Bonchev–Trinajstić information content (AvgIpc) is 3.15. The number of nitrogens with zero attached hydrogens (tertiary/aromatic N) is 2. The molecule has 6 heteroatoms. The molecule has 0 radical (unpaired) electrons. The zero-order valence-electron chi connectivity index (χ0n) is 16.2. The third kappa shape index (κ3) is 3.14. The summed E-state index contributed by atoms with van der Waals surface area (Å²) < 4.78 is 19.6. The molecule has 0 spiro atoms. The molecule has 1 aromatic carbocycles. The minimum absolute atomic E-state index is 0.0458. The van der Waals surface area contributed by atoms with Gasteiger partial charge in [0.1, 0.15) is 22.3 Å². The van der Waals surface area contributed by atoms with Crippen LogP contribution in [0.4, 0.5) is 4.39 Å². The number of rotatable bonds is 3. The summed E-state index contributed by atoms with van der Waals surface area (Å²) >= 11 is 1.28. The lowest BCUT2D eigenvalue weighted by Gasteiger charge is -2.43. The van der Waals surface area contributed by atoms with Crippen LogP contribution in [0, 0.1) is 17.2 Å². The van der Waals surface area contributed by atoms with Crippen molar-refractivity contribution in [1.82, 2.24) is 9.88 Å². The normalized spacial score (nSPS) is 26.3. The highest BCUT2D eigenvalue weighted by molar-refractivity contribution is 7.13. The minimum Gasteiger partial charge on any atom is -0.496 e. The summed E-state index contributed by atoms with van der Waals surface area (Å²) in [4.78, 5) is 19.7. The van der Waals surface area contributed by atoms with Crippen LogP contribution >= 0.6 is 11.3 Å². The summed E-state index contributed by atoms with van der Waals surface area (Å²) in [6, 6.07) is 4.69. The van der Waals surface area contributed by atoms with E-state index in [0.29, 0.717) is 27.9 Å². The van der Waals surface area contributed by atoms with E-state index in [1.807, 2.05) is 4.90 Å². The second-order valence-electron chi connectivity index (χ2n) is 8.88. The third-order valence-corrected chi connectivity index (χ3v) is 6.76. The Labute approximate surface area is 163 Å². The standard InChI is InChI=1S/C21H25FN2O2S/c1-20(2)8-13-9-21(3,12-20)24(10-13)19(25)15-11-27-18(23-15)17-14(22)6-5-7-16(17)26-4/h5-7,11,13H,8-10,12H2,1-4H3/t13-,21-/m1/s1. The molecule has 144 valence electrons. The topological polar surface area (TPSA) is 42.4 Å². The van der Waals surface area contributed by atoms with Gasteiger partial charge < -0.3 is 9.64 Å². The van der Waals surface area contributed by atoms with Crippen molar-refractivity contribution >= 4 is 17.2 Å². The van der Waals surface area contributed by atoms with Crippen molar-refractivity contribution in [1.29, 1.82) is 0 Å². The van der Waals surface area contributed by atoms with Crippen LogP contribution in [-0.2, 0) is 0 Å². The fraction of sp³-hybridized carbons (Fsp3) is 0.524. The van der Waals surface area contributed by atoms with Gasteiger partial charge in [0.25, 0.3) is 5.91 Å². The zero-order chi connectivity index (χ0) is 19.4. The first-order valence-electron chi connectivity index (χ1n) is 9.33. The Bertz CT molecular complexity index is 894. The first kappa shape index (κ1) is 18.4. The van der Waals surface area contributed by atoms with Gasteiger partial charge in [0.05, 0.1) is 12.7 Å².